The minimum Gasteiger partial charge on any atom is -0.457 e. The first-order chi connectivity index (χ1) is 21.7. The summed E-state index contributed by atoms with van der Waals surface area (Å²) in [5.41, 5.74) is 6.88. The van der Waals surface area contributed by atoms with Gasteiger partial charge in [-0.1, -0.05) is 18.2 Å². The van der Waals surface area contributed by atoms with Crippen LogP contribution in [0.15, 0.2) is 77.4 Å². The summed E-state index contributed by atoms with van der Waals surface area (Å²) in [5.74, 6) is 1.13. The van der Waals surface area contributed by atoms with Gasteiger partial charge in [-0.15, -0.1) is 0 Å². The molecule has 0 saturated carbocycles. The minimum atomic E-state index is -0.537. The van der Waals surface area contributed by atoms with Gasteiger partial charge in [0.15, 0.2) is 11.5 Å². The number of ether oxygens (including phenoxy) is 2. The van der Waals surface area contributed by atoms with E-state index in [1.807, 2.05) is 51.2 Å². The Labute approximate surface area is 260 Å². The van der Waals surface area contributed by atoms with Gasteiger partial charge in [-0.3, -0.25) is 18.8 Å². The molecule has 2 saturated heterocycles. The largest absolute Gasteiger partial charge is 0.457 e. The van der Waals surface area contributed by atoms with Crippen LogP contribution in [-0.4, -0.2) is 79.7 Å². The van der Waals surface area contributed by atoms with E-state index in [4.69, 9.17) is 15.2 Å². The highest BCUT2D eigenvalue weighted by Crippen LogP contribution is 2.30. The second kappa shape index (κ2) is 12.2. The van der Waals surface area contributed by atoms with Crippen LogP contribution >= 0.6 is 0 Å². The Morgan fingerprint density at radius 1 is 1.13 bits per heavy atom. The lowest BCUT2D eigenvalue weighted by Gasteiger charge is -2.43. The fourth-order valence-electron chi connectivity index (χ4n) is 5.96. The zero-order chi connectivity index (χ0) is 31.7. The summed E-state index contributed by atoms with van der Waals surface area (Å²) in [5, 5.41) is 10.0. The van der Waals surface area contributed by atoms with Crippen LogP contribution in [0.5, 0.6) is 11.5 Å². The van der Waals surface area contributed by atoms with E-state index in [-0.39, 0.29) is 41.6 Å². The van der Waals surface area contributed by atoms with Crippen LogP contribution in [0.4, 0.5) is 5.82 Å². The Morgan fingerprint density at radius 2 is 1.84 bits per heavy atom. The molecule has 2 aromatic carbocycles. The number of fused-ring (bicyclic) bond motifs is 1. The molecule has 2 aromatic heterocycles. The van der Waals surface area contributed by atoms with Crippen LogP contribution in [0.25, 0.3) is 16.9 Å². The number of rotatable bonds is 8. The number of anilines is 1. The van der Waals surface area contributed by atoms with Crippen molar-refractivity contribution in [3.8, 4) is 23.3 Å². The number of amides is 1. The van der Waals surface area contributed by atoms with Crippen molar-refractivity contribution in [2.24, 2.45) is 0 Å². The number of benzene rings is 2. The van der Waals surface area contributed by atoms with Gasteiger partial charge in [0.2, 0.25) is 0 Å². The molecule has 0 aliphatic carbocycles. The quantitative estimate of drug-likeness (QED) is 0.234. The molecule has 232 valence electrons. The number of hydrogen-bond donors (Lipinski definition) is 1. The molecule has 1 amide bonds. The van der Waals surface area contributed by atoms with Crippen molar-refractivity contribution in [2.45, 2.75) is 44.3 Å². The summed E-state index contributed by atoms with van der Waals surface area (Å²) < 4.78 is 14.4. The molecule has 12 heteroatoms. The second-order valence-electron chi connectivity index (χ2n) is 12.0. The molecule has 4 aromatic rings. The van der Waals surface area contributed by atoms with Gasteiger partial charge in [-0.25, -0.2) is 14.8 Å². The van der Waals surface area contributed by atoms with Crippen molar-refractivity contribution in [3.05, 3.63) is 83.1 Å². The molecular formula is C33H36N8O4. The highest BCUT2D eigenvalue weighted by atomic mass is 16.5. The Bertz CT molecular complexity index is 1830. The second-order valence-corrected chi connectivity index (χ2v) is 12.0. The first-order valence-electron chi connectivity index (χ1n) is 15.0. The van der Waals surface area contributed by atoms with E-state index in [1.54, 1.807) is 39.8 Å². The molecule has 45 heavy (non-hydrogen) atoms. The number of aromatic nitrogens is 4. The average Bonchev–Trinajstić information content (AvgIpc) is 3.32. The van der Waals surface area contributed by atoms with E-state index in [9.17, 15) is 14.9 Å². The fourth-order valence-corrected chi connectivity index (χ4v) is 5.96. The zero-order valence-corrected chi connectivity index (χ0v) is 25.6. The monoisotopic (exact) mass is 608 g/mol. The van der Waals surface area contributed by atoms with Crippen molar-refractivity contribution < 1.29 is 14.3 Å². The van der Waals surface area contributed by atoms with E-state index >= 15 is 0 Å². The van der Waals surface area contributed by atoms with Gasteiger partial charge in [0.05, 0.1) is 31.0 Å². The lowest BCUT2D eigenvalue weighted by Crippen LogP contribution is -2.55. The number of nitrogens with zero attached hydrogens (tertiary/aromatic N) is 7. The maximum absolute atomic E-state index is 14.1. The smallest absolute Gasteiger partial charge is 0.335 e. The molecule has 0 unspecified atom stereocenters. The van der Waals surface area contributed by atoms with Crippen LogP contribution in [0.3, 0.4) is 0 Å². The van der Waals surface area contributed by atoms with E-state index < -0.39 is 5.54 Å². The summed E-state index contributed by atoms with van der Waals surface area (Å²) in [6.45, 7) is 5.94. The third-order valence-electron chi connectivity index (χ3n) is 8.73. The van der Waals surface area contributed by atoms with Gasteiger partial charge in [-0.2, -0.15) is 5.26 Å². The van der Waals surface area contributed by atoms with Crippen molar-refractivity contribution in [2.75, 3.05) is 39.1 Å². The van der Waals surface area contributed by atoms with E-state index in [2.05, 4.69) is 20.9 Å². The number of nitrogen functional groups attached to an aromatic ring is 1. The van der Waals surface area contributed by atoms with E-state index in [0.717, 1.165) is 0 Å². The predicted octanol–water partition coefficient (Wildman–Crippen LogP) is 3.68. The highest BCUT2D eigenvalue weighted by molar-refractivity contribution is 5.97. The van der Waals surface area contributed by atoms with Crippen molar-refractivity contribution in [1.82, 2.24) is 28.9 Å². The molecule has 2 aliphatic rings. The van der Waals surface area contributed by atoms with Crippen molar-refractivity contribution >= 4 is 22.9 Å². The minimum absolute atomic E-state index is 0.0758. The summed E-state index contributed by atoms with van der Waals surface area (Å²) in [4.78, 5) is 40.2. The summed E-state index contributed by atoms with van der Waals surface area (Å²) in [7, 11) is 1.97. The molecule has 2 aliphatic heterocycles. The maximum atomic E-state index is 14.1. The Balaban J connectivity index is 1.30. The Morgan fingerprint density at radius 3 is 2.51 bits per heavy atom. The molecule has 12 nitrogen and oxygen atoms in total. The number of hydrogen-bond acceptors (Lipinski definition) is 9. The topological polar surface area (TPSA) is 145 Å². The molecule has 0 bridgehead atoms. The number of imidazole rings is 1. The molecule has 4 heterocycles. The number of carbonyl (C=O) groups is 1. The Hall–Kier alpha value is -4.99. The summed E-state index contributed by atoms with van der Waals surface area (Å²) in [6, 6.07) is 18.5. The van der Waals surface area contributed by atoms with Gasteiger partial charge >= 0.3 is 5.69 Å². The van der Waals surface area contributed by atoms with Crippen molar-refractivity contribution in [1.29, 1.82) is 5.26 Å². The molecule has 6 rings (SSSR count). The maximum Gasteiger partial charge on any atom is 0.335 e. The highest BCUT2D eigenvalue weighted by Gasteiger charge is 2.35. The van der Waals surface area contributed by atoms with Crippen LogP contribution in [-0.2, 0) is 9.53 Å². The SMILES string of the molecule is CN(C1COC1)C(C)(C)/C=C(/C#N)C(=O)N1CCC[C@H](n2c(=O)n(-c3ccc(Oc4ccccc4)cc3)c3c(N)ncnc32)C1. The molecule has 2 fully saturated rings. The van der Waals surface area contributed by atoms with Gasteiger partial charge in [0.25, 0.3) is 5.91 Å². The lowest BCUT2D eigenvalue weighted by molar-refractivity contribution is -0.128. The van der Waals surface area contributed by atoms with Gasteiger partial charge in [-0.05, 0) is 76.2 Å². The van der Waals surface area contributed by atoms with Crippen LogP contribution < -0.4 is 16.2 Å². The third kappa shape index (κ3) is 5.80. The van der Waals surface area contributed by atoms with Gasteiger partial charge in [0.1, 0.15) is 35.0 Å². The molecule has 2 N–H and O–H groups in total. The van der Waals surface area contributed by atoms with Crippen LogP contribution in [0, 0.1) is 11.3 Å². The number of piperidine rings is 1. The molecule has 0 spiro atoms. The molecule has 0 radical (unpaired) electrons. The fraction of sp³-hybridized carbons (Fsp3) is 0.364. The number of nitrogens with two attached hydrogens (primary N) is 1. The number of para-hydroxylation sites is 1. The zero-order valence-electron chi connectivity index (χ0n) is 25.6. The average molecular weight is 609 g/mol. The summed E-state index contributed by atoms with van der Waals surface area (Å²) in [6.07, 6.45) is 4.37. The summed E-state index contributed by atoms with van der Waals surface area (Å²) >= 11 is 0. The van der Waals surface area contributed by atoms with Crippen molar-refractivity contribution in [3.63, 3.8) is 0 Å². The lowest BCUT2D eigenvalue weighted by atomic mass is 9.96. The normalized spacial score (nSPS) is 17.7. The number of likely N-dealkylation sites (N-methyl/N-ethyl adjacent to an activating group) is 1. The number of nitriles is 1. The molecular weight excluding hydrogens is 572 g/mol. The molecule has 1 atom stereocenters. The Kier molecular flexibility index (Phi) is 8.14. The van der Waals surface area contributed by atoms with Crippen LogP contribution in [0.2, 0.25) is 0 Å². The standard InChI is InChI=1S/C33H36N8O4/c1-33(2,38(3)25-19-44-20-25)16-22(17-34)31(42)39-15-7-8-24(18-39)41-30-28(29(35)36-21-37-30)40(32(41)43)23-11-13-27(14-12-23)45-26-9-5-4-6-10-26/h4-6,9-14,16,21,24-25H,7-8,15,18-20H2,1-3H3,(H2,35,36,37)/b22-16-/t24-/m0/s1. The van der Waals surface area contributed by atoms with E-state index in [0.29, 0.717) is 61.0 Å². The third-order valence-corrected chi connectivity index (χ3v) is 8.73. The number of carbonyl (C=O) groups excluding carboxylic acids is 1. The van der Waals surface area contributed by atoms with Gasteiger partial charge < -0.3 is 20.1 Å². The van der Waals surface area contributed by atoms with Gasteiger partial charge in [0, 0.05) is 18.6 Å². The first kappa shape index (κ1) is 30.1. The first-order valence-corrected chi connectivity index (χ1v) is 15.0. The van der Waals surface area contributed by atoms with Crippen LogP contribution in [0.1, 0.15) is 32.7 Å². The predicted molar refractivity (Wildman–Crippen MR) is 169 cm³/mol. The van der Waals surface area contributed by atoms with E-state index in [1.165, 1.54) is 10.9 Å². The number of likely N-dealkylation sites (tertiary alicyclic amines) is 1.